The summed E-state index contributed by atoms with van der Waals surface area (Å²) in [6.45, 7) is 5.50. The Morgan fingerprint density at radius 3 is 1.67 bits per heavy atom. The highest BCUT2D eigenvalue weighted by atomic mass is 31.2. The zero-order valence-corrected chi connectivity index (χ0v) is 35.4. The Morgan fingerprint density at radius 1 is 0.615 bits per heavy atom. The summed E-state index contributed by atoms with van der Waals surface area (Å²) in [4.78, 5) is 22.8. The third-order valence-corrected chi connectivity index (χ3v) is 9.95. The van der Waals surface area contributed by atoms with Crippen molar-refractivity contribution in [3.8, 4) is 0 Å². The molecule has 0 amide bonds. The molecular weight excluding hydrogens is 673 g/mol. The van der Waals surface area contributed by atoms with Crippen molar-refractivity contribution in [3.63, 3.8) is 0 Å². The van der Waals surface area contributed by atoms with E-state index in [-0.39, 0.29) is 25.8 Å². The Bertz CT molecular complexity index is 931. The number of hydrogen-bond acceptors (Lipinski definition) is 6. The molecule has 0 aromatic rings. The molecule has 0 bridgehead atoms. The zero-order valence-electron chi connectivity index (χ0n) is 34.5. The molecule has 0 aromatic heterocycles. The van der Waals surface area contributed by atoms with Gasteiger partial charge in [-0.05, 0) is 44.9 Å². The number of allylic oxidation sites excluding steroid dienone is 6. The van der Waals surface area contributed by atoms with E-state index in [0.29, 0.717) is 24.1 Å². The van der Waals surface area contributed by atoms with Gasteiger partial charge in [0.1, 0.15) is 19.3 Å². The minimum absolute atomic E-state index is 0.0876. The number of carbonyl (C=O) groups excluding carboxylic acids is 1. The molecule has 9 heteroatoms. The normalized spacial score (nSPS) is 14.2. The molecule has 0 aliphatic carbocycles. The predicted molar refractivity (Wildman–Crippen MR) is 220 cm³/mol. The predicted octanol–water partition coefficient (Wildman–Crippen LogP) is 12.2. The quantitative estimate of drug-likeness (QED) is 0.0219. The summed E-state index contributed by atoms with van der Waals surface area (Å²) in [5.41, 5.74) is 0. The highest BCUT2D eigenvalue weighted by Crippen LogP contribution is 2.43. The third kappa shape index (κ3) is 39.9. The average Bonchev–Trinajstić information content (AvgIpc) is 3.09. The van der Waals surface area contributed by atoms with Crippen molar-refractivity contribution in [2.75, 3.05) is 54.1 Å². The minimum Gasteiger partial charge on any atom is -0.457 e. The summed E-state index contributed by atoms with van der Waals surface area (Å²) < 4.78 is 34.9. The zero-order chi connectivity index (χ0) is 38.4. The van der Waals surface area contributed by atoms with Crippen molar-refractivity contribution >= 4 is 13.8 Å². The molecule has 0 fully saturated rings. The second-order valence-electron chi connectivity index (χ2n) is 15.3. The molecule has 0 saturated heterocycles. The van der Waals surface area contributed by atoms with E-state index in [1.165, 1.54) is 103 Å². The Morgan fingerprint density at radius 2 is 1.12 bits per heavy atom. The first kappa shape index (κ1) is 50.7. The highest BCUT2D eigenvalue weighted by molar-refractivity contribution is 7.47. The lowest BCUT2D eigenvalue weighted by molar-refractivity contribution is -0.870. The van der Waals surface area contributed by atoms with Gasteiger partial charge in [0.05, 0.1) is 34.4 Å². The van der Waals surface area contributed by atoms with Gasteiger partial charge in [0, 0.05) is 13.0 Å². The van der Waals surface area contributed by atoms with Gasteiger partial charge in [0.15, 0.2) is 0 Å². The summed E-state index contributed by atoms with van der Waals surface area (Å²) in [6.07, 6.45) is 41.7. The fourth-order valence-electron chi connectivity index (χ4n) is 5.68. The molecule has 0 radical (unpaired) electrons. The molecule has 0 saturated carbocycles. The van der Waals surface area contributed by atoms with E-state index in [0.717, 1.165) is 51.4 Å². The first-order chi connectivity index (χ1) is 25.1. The van der Waals surface area contributed by atoms with Crippen molar-refractivity contribution in [3.05, 3.63) is 36.5 Å². The van der Waals surface area contributed by atoms with Crippen LogP contribution >= 0.6 is 7.82 Å². The van der Waals surface area contributed by atoms with E-state index in [1.807, 2.05) is 21.1 Å². The largest absolute Gasteiger partial charge is 0.472 e. The number of likely N-dealkylation sites (N-methyl/N-ethyl adjacent to an activating group) is 1. The van der Waals surface area contributed by atoms with E-state index in [9.17, 15) is 14.3 Å². The Kier molecular flexibility index (Phi) is 35.8. The summed E-state index contributed by atoms with van der Waals surface area (Å²) in [5, 5.41) is 0. The van der Waals surface area contributed by atoms with E-state index in [4.69, 9.17) is 18.5 Å². The van der Waals surface area contributed by atoms with Crippen LogP contribution < -0.4 is 0 Å². The fraction of sp³-hybridized carbons (Fsp3) is 0.837. The number of hydrogen-bond donors (Lipinski definition) is 1. The highest BCUT2D eigenvalue weighted by Gasteiger charge is 2.26. The average molecular weight is 757 g/mol. The van der Waals surface area contributed by atoms with Crippen molar-refractivity contribution in [2.45, 2.75) is 180 Å². The minimum atomic E-state index is -4.27. The maximum Gasteiger partial charge on any atom is 0.472 e. The van der Waals surface area contributed by atoms with Crippen LogP contribution in [0.1, 0.15) is 174 Å². The second kappa shape index (κ2) is 36.7. The number of nitrogens with zero attached hydrogens (tertiary/aromatic N) is 1. The number of phosphoric ester groups is 1. The first-order valence-electron chi connectivity index (χ1n) is 21.2. The smallest absolute Gasteiger partial charge is 0.457 e. The van der Waals surface area contributed by atoms with Crippen LogP contribution in [0.5, 0.6) is 0 Å². The maximum atomic E-state index is 12.6. The molecular formula is C43H83NO7P+. The number of carbonyl (C=O) groups is 1. The van der Waals surface area contributed by atoms with Gasteiger partial charge < -0.3 is 18.9 Å². The van der Waals surface area contributed by atoms with Crippen molar-refractivity contribution in [1.82, 2.24) is 0 Å². The molecule has 0 aliphatic rings. The van der Waals surface area contributed by atoms with Crippen LogP contribution in [0.25, 0.3) is 0 Å². The molecule has 0 rings (SSSR count). The van der Waals surface area contributed by atoms with Gasteiger partial charge in [-0.2, -0.15) is 0 Å². The van der Waals surface area contributed by atoms with E-state index in [2.05, 4.69) is 50.3 Å². The summed E-state index contributed by atoms with van der Waals surface area (Å²) >= 11 is 0. The van der Waals surface area contributed by atoms with Crippen LogP contribution in [0.3, 0.4) is 0 Å². The van der Waals surface area contributed by atoms with Crippen molar-refractivity contribution in [1.29, 1.82) is 0 Å². The van der Waals surface area contributed by atoms with Crippen LogP contribution in [0.2, 0.25) is 0 Å². The van der Waals surface area contributed by atoms with Crippen molar-refractivity contribution in [2.24, 2.45) is 0 Å². The van der Waals surface area contributed by atoms with Gasteiger partial charge in [-0.3, -0.25) is 13.8 Å². The van der Waals surface area contributed by atoms with Gasteiger partial charge in [0.2, 0.25) is 0 Å². The SMILES string of the molecule is CC/C=C\C/C=C\C/C=C\CCCCCCCCCCOCC(COP(=O)(O)OCC[N+](C)(C)C)OC(=O)CCCCCCCCCCCCCC. The number of quaternary nitrogens is 1. The van der Waals surface area contributed by atoms with Gasteiger partial charge in [-0.1, -0.05) is 159 Å². The monoisotopic (exact) mass is 757 g/mol. The van der Waals surface area contributed by atoms with E-state index < -0.39 is 13.9 Å². The molecule has 306 valence electrons. The number of rotatable bonds is 39. The second-order valence-corrected chi connectivity index (χ2v) is 16.8. The molecule has 8 nitrogen and oxygen atoms in total. The molecule has 1 N–H and O–H groups in total. The van der Waals surface area contributed by atoms with Crippen LogP contribution in [0.4, 0.5) is 0 Å². The van der Waals surface area contributed by atoms with Crippen molar-refractivity contribution < 1.29 is 37.3 Å². The topological polar surface area (TPSA) is 91.3 Å². The first-order valence-corrected chi connectivity index (χ1v) is 22.7. The summed E-state index contributed by atoms with van der Waals surface area (Å²) in [6, 6.07) is 0. The van der Waals surface area contributed by atoms with Gasteiger partial charge in [-0.25, -0.2) is 4.57 Å². The number of unbranched alkanes of at least 4 members (excludes halogenated alkanes) is 19. The maximum absolute atomic E-state index is 12.6. The molecule has 0 heterocycles. The lowest BCUT2D eigenvalue weighted by Crippen LogP contribution is -2.37. The molecule has 0 spiro atoms. The Labute approximate surface area is 321 Å². The molecule has 0 aromatic carbocycles. The molecule has 2 atom stereocenters. The summed E-state index contributed by atoms with van der Waals surface area (Å²) in [5.74, 6) is -0.317. The Hall–Kier alpha value is -1.28. The lowest BCUT2D eigenvalue weighted by atomic mass is 10.0. The number of esters is 1. The van der Waals surface area contributed by atoms with Crippen LogP contribution in [0.15, 0.2) is 36.5 Å². The van der Waals surface area contributed by atoms with E-state index >= 15 is 0 Å². The number of phosphoric acid groups is 1. The van der Waals surface area contributed by atoms with Gasteiger partial charge in [0.25, 0.3) is 0 Å². The summed E-state index contributed by atoms with van der Waals surface area (Å²) in [7, 11) is 1.66. The third-order valence-electron chi connectivity index (χ3n) is 8.97. The fourth-order valence-corrected chi connectivity index (χ4v) is 6.43. The molecule has 52 heavy (non-hydrogen) atoms. The standard InChI is InChI=1S/C43H82NO7P/c1-6-8-10-12-14-16-18-20-21-22-23-24-25-27-29-31-33-35-38-48-40-42(41-50-52(46,47)49-39-37-44(3,4)5)51-43(45)36-34-32-30-28-26-19-17-15-13-11-9-7-2/h8,10,14,16,20-21,42H,6-7,9,11-13,15,17-19,22-41H2,1-5H3/p+1/b10-8-,16-14-,21-20-. The Balaban J connectivity index is 4.23. The molecule has 0 aliphatic heterocycles. The van der Waals surface area contributed by atoms with Crippen LogP contribution in [0, 0.1) is 0 Å². The van der Waals surface area contributed by atoms with Gasteiger partial charge in [-0.15, -0.1) is 0 Å². The van der Waals surface area contributed by atoms with Crippen LogP contribution in [-0.2, 0) is 27.9 Å². The number of ether oxygens (including phenoxy) is 2. The lowest BCUT2D eigenvalue weighted by Gasteiger charge is -2.24. The molecule has 2 unspecified atom stereocenters. The van der Waals surface area contributed by atoms with E-state index in [1.54, 1.807) is 0 Å². The van der Waals surface area contributed by atoms with Gasteiger partial charge >= 0.3 is 13.8 Å². The van der Waals surface area contributed by atoms with Crippen LogP contribution in [-0.4, -0.2) is 75.6 Å².